The van der Waals surface area contributed by atoms with Gasteiger partial charge in [0.25, 0.3) is 5.89 Å². The summed E-state index contributed by atoms with van der Waals surface area (Å²) in [5, 5.41) is 7.18. The second kappa shape index (κ2) is 6.70. The van der Waals surface area contributed by atoms with Crippen LogP contribution in [0, 0.1) is 18.6 Å². The number of nitrogens with zero attached hydrogens (tertiary/aromatic N) is 4. The van der Waals surface area contributed by atoms with Gasteiger partial charge in [0.05, 0.1) is 11.3 Å². The quantitative estimate of drug-likeness (QED) is 0.772. The molecule has 1 aliphatic rings. The third kappa shape index (κ3) is 3.22. The molecule has 0 amide bonds. The number of anilines is 2. The number of aryl methyl sites for hydroxylation is 1. The van der Waals surface area contributed by atoms with Crippen LogP contribution in [-0.4, -0.2) is 34.3 Å². The first kappa shape index (κ1) is 16.4. The summed E-state index contributed by atoms with van der Waals surface area (Å²) in [4.78, 5) is 10.5. The fraction of sp³-hybridized carbons (Fsp3) is 0.278. The zero-order valence-corrected chi connectivity index (χ0v) is 14.1. The number of pyridine rings is 1. The van der Waals surface area contributed by atoms with Gasteiger partial charge < -0.3 is 14.7 Å². The molecule has 8 heteroatoms. The minimum Gasteiger partial charge on any atom is -0.367 e. The van der Waals surface area contributed by atoms with Gasteiger partial charge in [-0.3, -0.25) is 0 Å². The Hall–Kier alpha value is -3.03. The Kier molecular flexibility index (Phi) is 4.24. The molecule has 2 aromatic heterocycles. The van der Waals surface area contributed by atoms with Gasteiger partial charge >= 0.3 is 0 Å². The molecule has 1 fully saturated rings. The van der Waals surface area contributed by atoms with E-state index in [-0.39, 0.29) is 6.04 Å². The van der Waals surface area contributed by atoms with E-state index in [2.05, 4.69) is 20.4 Å². The SMILES string of the molecule is Cc1noc(-c2cccnc2NC2CCN(c3ccc(F)cc3F)C2)n1. The zero-order chi connectivity index (χ0) is 18.1. The molecule has 26 heavy (non-hydrogen) atoms. The molecule has 3 heterocycles. The Labute approximate surface area is 148 Å². The predicted octanol–water partition coefficient (Wildman–Crippen LogP) is 3.41. The van der Waals surface area contributed by atoms with Gasteiger partial charge in [0, 0.05) is 31.4 Å². The third-order valence-electron chi connectivity index (χ3n) is 4.35. The molecule has 1 atom stereocenters. The van der Waals surface area contributed by atoms with Crippen LogP contribution in [0.2, 0.25) is 0 Å². The molecule has 0 bridgehead atoms. The second-order valence-electron chi connectivity index (χ2n) is 6.22. The number of benzene rings is 1. The minimum absolute atomic E-state index is 0.0668. The van der Waals surface area contributed by atoms with Crippen LogP contribution in [0.1, 0.15) is 12.2 Å². The normalized spacial score (nSPS) is 16.9. The van der Waals surface area contributed by atoms with Crippen molar-refractivity contribution in [3.05, 3.63) is 54.0 Å². The summed E-state index contributed by atoms with van der Waals surface area (Å²) in [6.07, 6.45) is 2.48. The zero-order valence-electron chi connectivity index (χ0n) is 14.1. The summed E-state index contributed by atoms with van der Waals surface area (Å²) >= 11 is 0. The van der Waals surface area contributed by atoms with E-state index >= 15 is 0 Å². The van der Waals surface area contributed by atoms with Crippen molar-refractivity contribution >= 4 is 11.5 Å². The maximum Gasteiger partial charge on any atom is 0.261 e. The van der Waals surface area contributed by atoms with E-state index in [0.29, 0.717) is 36.3 Å². The van der Waals surface area contributed by atoms with E-state index in [1.54, 1.807) is 19.2 Å². The topological polar surface area (TPSA) is 67.1 Å². The fourth-order valence-electron chi connectivity index (χ4n) is 3.13. The van der Waals surface area contributed by atoms with Gasteiger partial charge in [-0.05, 0) is 37.6 Å². The number of hydrogen-bond donors (Lipinski definition) is 1. The number of aromatic nitrogens is 3. The lowest BCUT2D eigenvalue weighted by Crippen LogP contribution is -2.27. The van der Waals surface area contributed by atoms with Gasteiger partial charge in [-0.2, -0.15) is 4.98 Å². The van der Waals surface area contributed by atoms with Crippen molar-refractivity contribution in [3.63, 3.8) is 0 Å². The van der Waals surface area contributed by atoms with Crippen LogP contribution >= 0.6 is 0 Å². The van der Waals surface area contributed by atoms with Gasteiger partial charge in [-0.15, -0.1) is 0 Å². The average Bonchev–Trinajstić information content (AvgIpc) is 3.25. The summed E-state index contributed by atoms with van der Waals surface area (Å²) in [5.74, 6) is 0.465. The molecule has 0 radical (unpaired) electrons. The van der Waals surface area contributed by atoms with E-state index in [1.807, 2.05) is 11.0 Å². The van der Waals surface area contributed by atoms with Crippen LogP contribution in [0.4, 0.5) is 20.3 Å². The standard InChI is InChI=1S/C18H17F2N5O/c1-11-22-18(26-24-11)14-3-2-7-21-17(14)23-13-6-8-25(10-13)16-5-4-12(19)9-15(16)20/h2-5,7,9,13H,6,8,10H2,1H3,(H,21,23). The van der Waals surface area contributed by atoms with Crippen LogP contribution in [0.25, 0.3) is 11.5 Å². The number of halogens is 2. The van der Waals surface area contributed by atoms with Crippen molar-refractivity contribution in [2.45, 2.75) is 19.4 Å². The molecule has 0 aliphatic carbocycles. The fourth-order valence-corrected chi connectivity index (χ4v) is 3.13. The van der Waals surface area contributed by atoms with Crippen molar-refractivity contribution < 1.29 is 13.3 Å². The molecule has 1 N–H and O–H groups in total. The second-order valence-corrected chi connectivity index (χ2v) is 6.22. The Balaban J connectivity index is 1.51. The highest BCUT2D eigenvalue weighted by Gasteiger charge is 2.26. The van der Waals surface area contributed by atoms with Crippen molar-refractivity contribution in [1.29, 1.82) is 0 Å². The highest BCUT2D eigenvalue weighted by atomic mass is 19.1. The van der Waals surface area contributed by atoms with Crippen molar-refractivity contribution in [2.75, 3.05) is 23.3 Å². The molecule has 6 nitrogen and oxygen atoms in total. The van der Waals surface area contributed by atoms with Crippen molar-refractivity contribution in [3.8, 4) is 11.5 Å². The van der Waals surface area contributed by atoms with Gasteiger partial charge in [-0.25, -0.2) is 13.8 Å². The van der Waals surface area contributed by atoms with E-state index in [9.17, 15) is 8.78 Å². The summed E-state index contributed by atoms with van der Waals surface area (Å²) in [6.45, 7) is 3.01. The minimum atomic E-state index is -0.576. The maximum atomic E-state index is 14.0. The van der Waals surface area contributed by atoms with Gasteiger partial charge in [0.15, 0.2) is 5.82 Å². The van der Waals surface area contributed by atoms with Crippen LogP contribution in [-0.2, 0) is 0 Å². The van der Waals surface area contributed by atoms with E-state index < -0.39 is 11.6 Å². The lowest BCUT2D eigenvalue weighted by atomic mass is 10.2. The molecule has 0 saturated carbocycles. The molecule has 1 aromatic carbocycles. The summed E-state index contributed by atoms with van der Waals surface area (Å²) in [7, 11) is 0. The molecular weight excluding hydrogens is 340 g/mol. The smallest absolute Gasteiger partial charge is 0.261 e. The maximum absolute atomic E-state index is 14.0. The monoisotopic (exact) mass is 357 g/mol. The van der Waals surface area contributed by atoms with Gasteiger partial charge in [0.1, 0.15) is 17.5 Å². The molecule has 1 saturated heterocycles. The van der Waals surface area contributed by atoms with Crippen LogP contribution in [0.3, 0.4) is 0 Å². The number of hydrogen-bond acceptors (Lipinski definition) is 6. The highest BCUT2D eigenvalue weighted by Crippen LogP contribution is 2.28. The molecule has 0 spiro atoms. The number of rotatable bonds is 4. The first-order chi connectivity index (χ1) is 12.6. The third-order valence-corrected chi connectivity index (χ3v) is 4.35. The van der Waals surface area contributed by atoms with E-state index in [0.717, 1.165) is 18.1 Å². The van der Waals surface area contributed by atoms with Crippen molar-refractivity contribution in [2.24, 2.45) is 0 Å². The van der Waals surface area contributed by atoms with Gasteiger partial charge in [0.2, 0.25) is 0 Å². The Morgan fingerprint density at radius 2 is 2.15 bits per heavy atom. The lowest BCUT2D eigenvalue weighted by molar-refractivity contribution is 0.425. The molecule has 1 aliphatic heterocycles. The van der Waals surface area contributed by atoms with Gasteiger partial charge in [-0.1, -0.05) is 5.16 Å². The molecule has 1 unspecified atom stereocenters. The first-order valence-electron chi connectivity index (χ1n) is 8.32. The van der Waals surface area contributed by atoms with Crippen molar-refractivity contribution in [1.82, 2.24) is 15.1 Å². The van der Waals surface area contributed by atoms with E-state index in [4.69, 9.17) is 4.52 Å². The lowest BCUT2D eigenvalue weighted by Gasteiger charge is -2.20. The first-order valence-corrected chi connectivity index (χ1v) is 8.32. The predicted molar refractivity (Wildman–Crippen MR) is 92.9 cm³/mol. The largest absolute Gasteiger partial charge is 0.367 e. The van der Waals surface area contributed by atoms with E-state index in [1.165, 1.54) is 12.1 Å². The molecular formula is C18H17F2N5O. The molecule has 134 valence electrons. The summed E-state index contributed by atoms with van der Waals surface area (Å²) in [6, 6.07) is 7.38. The molecule has 3 aromatic rings. The highest BCUT2D eigenvalue weighted by molar-refractivity contribution is 5.69. The summed E-state index contributed by atoms with van der Waals surface area (Å²) < 4.78 is 32.3. The molecule has 4 rings (SSSR count). The Morgan fingerprint density at radius 3 is 2.92 bits per heavy atom. The number of nitrogens with one attached hydrogen (secondary N) is 1. The van der Waals surface area contributed by atoms with Crippen LogP contribution < -0.4 is 10.2 Å². The Morgan fingerprint density at radius 1 is 1.27 bits per heavy atom. The van der Waals surface area contributed by atoms with Crippen LogP contribution in [0.5, 0.6) is 0 Å². The summed E-state index contributed by atoms with van der Waals surface area (Å²) in [5.41, 5.74) is 1.13. The van der Waals surface area contributed by atoms with Crippen LogP contribution in [0.15, 0.2) is 41.1 Å². The average molecular weight is 357 g/mol. The Bertz CT molecular complexity index is 929.